The summed E-state index contributed by atoms with van der Waals surface area (Å²) >= 11 is 0. The fourth-order valence-electron chi connectivity index (χ4n) is 6.90. The number of nitrogens with one attached hydrogen (secondary N) is 1. The predicted octanol–water partition coefficient (Wildman–Crippen LogP) is 5.31. The summed E-state index contributed by atoms with van der Waals surface area (Å²) < 4.78 is 5.80. The van der Waals surface area contributed by atoms with Crippen LogP contribution in [0.4, 0.5) is 0 Å². The Balaban J connectivity index is 1.46. The highest BCUT2D eigenvalue weighted by atomic mass is 16.5. The minimum absolute atomic E-state index is 0.378. The van der Waals surface area contributed by atoms with Crippen molar-refractivity contribution in [3.63, 3.8) is 0 Å². The van der Waals surface area contributed by atoms with Gasteiger partial charge in [0.2, 0.25) is 0 Å². The zero-order valence-corrected chi connectivity index (χ0v) is 15.7. The number of ether oxygens (including phenoxy) is 1. The van der Waals surface area contributed by atoms with Gasteiger partial charge in [-0.25, -0.2) is 0 Å². The van der Waals surface area contributed by atoms with Gasteiger partial charge in [-0.15, -0.1) is 0 Å². The average molecular weight is 328 g/mol. The summed E-state index contributed by atoms with van der Waals surface area (Å²) in [6, 6.07) is 8.65. The molecular weight excluding hydrogens is 294 g/mol. The van der Waals surface area contributed by atoms with E-state index in [-0.39, 0.29) is 0 Å². The van der Waals surface area contributed by atoms with E-state index in [4.69, 9.17) is 4.74 Å². The van der Waals surface area contributed by atoms with Crippen molar-refractivity contribution in [3.05, 3.63) is 29.8 Å². The van der Waals surface area contributed by atoms with Crippen molar-refractivity contribution in [1.29, 1.82) is 0 Å². The second kappa shape index (κ2) is 5.76. The van der Waals surface area contributed by atoms with E-state index in [2.05, 4.69) is 50.4 Å². The Morgan fingerprint density at radius 2 is 1.83 bits per heavy atom. The molecule has 0 radical (unpaired) electrons. The highest BCUT2D eigenvalue weighted by Gasteiger charge is 2.59. The fraction of sp³-hybridized carbons (Fsp3) is 0.727. The van der Waals surface area contributed by atoms with Crippen LogP contribution < -0.4 is 10.1 Å². The largest absolute Gasteiger partial charge is 0.494 e. The zero-order valence-electron chi connectivity index (χ0n) is 15.7. The van der Waals surface area contributed by atoms with Gasteiger partial charge in [0.05, 0.1) is 6.61 Å². The van der Waals surface area contributed by atoms with Crippen LogP contribution in [0.1, 0.15) is 71.3 Å². The van der Waals surface area contributed by atoms with E-state index >= 15 is 0 Å². The molecule has 2 unspecified atom stereocenters. The molecular formula is C22H33NO. The standard InChI is InChI=1S/C22H33NO/c1-4-8-24-19-7-5-6-17(9-19)13-23-22-12-18-10-20(2,15-22)14-21(3,11-18)16-22/h5-7,9,18,23H,4,8,10-16H2,1-3H3/t18?,20-,21+,22?. The molecule has 0 amide bonds. The topological polar surface area (TPSA) is 21.3 Å². The van der Waals surface area contributed by atoms with Gasteiger partial charge >= 0.3 is 0 Å². The monoisotopic (exact) mass is 327 g/mol. The quantitative estimate of drug-likeness (QED) is 0.764. The van der Waals surface area contributed by atoms with Crippen LogP contribution in [0, 0.1) is 16.7 Å². The van der Waals surface area contributed by atoms with Crippen LogP contribution in [0.5, 0.6) is 5.75 Å². The van der Waals surface area contributed by atoms with E-state index in [0.717, 1.165) is 31.2 Å². The third-order valence-corrected chi connectivity index (χ3v) is 6.67. The molecule has 2 heteroatoms. The molecule has 1 aromatic rings. The SMILES string of the molecule is CCCOc1cccc(CNC23CC4C[C@@](C)(C2)C[C@](C)(C4)C3)c1. The second-order valence-corrected chi connectivity index (χ2v) is 9.76. The van der Waals surface area contributed by atoms with Gasteiger partial charge in [0.25, 0.3) is 0 Å². The van der Waals surface area contributed by atoms with Gasteiger partial charge in [0, 0.05) is 12.1 Å². The van der Waals surface area contributed by atoms with E-state index in [1.54, 1.807) is 0 Å². The summed E-state index contributed by atoms with van der Waals surface area (Å²) in [4.78, 5) is 0. The van der Waals surface area contributed by atoms with Crippen molar-refractivity contribution in [2.45, 2.75) is 77.8 Å². The molecule has 4 aliphatic rings. The lowest BCUT2D eigenvalue weighted by Gasteiger charge is -2.65. The first kappa shape index (κ1) is 16.4. The van der Waals surface area contributed by atoms with Gasteiger partial charge in [-0.1, -0.05) is 32.9 Å². The molecule has 0 aromatic heterocycles. The van der Waals surface area contributed by atoms with E-state index in [1.165, 1.54) is 44.1 Å². The van der Waals surface area contributed by atoms with Gasteiger partial charge in [0.1, 0.15) is 5.75 Å². The number of rotatable bonds is 6. The Labute approximate surface area is 147 Å². The van der Waals surface area contributed by atoms with E-state index in [1.807, 2.05) is 0 Å². The second-order valence-electron chi connectivity index (χ2n) is 9.76. The molecule has 4 fully saturated rings. The zero-order chi connectivity index (χ0) is 16.8. The lowest BCUT2D eigenvalue weighted by molar-refractivity contribution is -0.118. The molecule has 4 saturated carbocycles. The summed E-state index contributed by atoms with van der Waals surface area (Å²) in [5, 5.41) is 4.02. The minimum Gasteiger partial charge on any atom is -0.494 e. The number of benzene rings is 1. The molecule has 2 nitrogen and oxygen atoms in total. The fourth-order valence-corrected chi connectivity index (χ4v) is 6.90. The predicted molar refractivity (Wildman–Crippen MR) is 99.2 cm³/mol. The molecule has 0 spiro atoms. The van der Waals surface area contributed by atoms with Crippen molar-refractivity contribution >= 4 is 0 Å². The Bertz CT molecular complexity index is 592. The third-order valence-electron chi connectivity index (χ3n) is 6.67. The van der Waals surface area contributed by atoms with Crippen molar-refractivity contribution in [3.8, 4) is 5.75 Å². The van der Waals surface area contributed by atoms with Crippen molar-refractivity contribution in [2.75, 3.05) is 6.61 Å². The first-order chi connectivity index (χ1) is 11.4. The van der Waals surface area contributed by atoms with Crippen LogP contribution in [0.3, 0.4) is 0 Å². The molecule has 0 saturated heterocycles. The first-order valence-corrected chi connectivity index (χ1v) is 9.89. The third kappa shape index (κ3) is 3.10. The molecule has 5 rings (SSSR count). The van der Waals surface area contributed by atoms with Crippen LogP contribution >= 0.6 is 0 Å². The van der Waals surface area contributed by atoms with Crippen LogP contribution in [-0.2, 0) is 6.54 Å². The summed E-state index contributed by atoms with van der Waals surface area (Å²) in [5.74, 6) is 1.96. The molecule has 1 N–H and O–H groups in total. The smallest absolute Gasteiger partial charge is 0.119 e. The summed E-state index contributed by atoms with van der Waals surface area (Å²) in [6.07, 6.45) is 9.57. The van der Waals surface area contributed by atoms with Crippen LogP contribution in [-0.4, -0.2) is 12.1 Å². The van der Waals surface area contributed by atoms with Crippen LogP contribution in [0.25, 0.3) is 0 Å². The maximum absolute atomic E-state index is 5.80. The van der Waals surface area contributed by atoms with E-state index < -0.39 is 0 Å². The minimum atomic E-state index is 0.378. The van der Waals surface area contributed by atoms with Crippen molar-refractivity contribution in [1.82, 2.24) is 5.32 Å². The molecule has 4 atom stereocenters. The van der Waals surface area contributed by atoms with E-state index in [0.29, 0.717) is 16.4 Å². The van der Waals surface area contributed by atoms with Gasteiger partial charge in [-0.05, 0) is 79.4 Å². The molecule has 4 bridgehead atoms. The maximum Gasteiger partial charge on any atom is 0.119 e. The molecule has 4 aliphatic carbocycles. The maximum atomic E-state index is 5.80. The highest BCUT2D eigenvalue weighted by Crippen LogP contribution is 2.66. The Morgan fingerprint density at radius 3 is 2.50 bits per heavy atom. The highest BCUT2D eigenvalue weighted by molar-refractivity contribution is 5.29. The summed E-state index contributed by atoms with van der Waals surface area (Å²) in [7, 11) is 0. The van der Waals surface area contributed by atoms with E-state index in [9.17, 15) is 0 Å². The van der Waals surface area contributed by atoms with Crippen LogP contribution in [0.2, 0.25) is 0 Å². The molecule has 24 heavy (non-hydrogen) atoms. The normalized spacial score (nSPS) is 40.0. The van der Waals surface area contributed by atoms with Gasteiger partial charge in [0.15, 0.2) is 0 Å². The summed E-state index contributed by atoms with van der Waals surface area (Å²) in [6.45, 7) is 9.03. The van der Waals surface area contributed by atoms with Gasteiger partial charge < -0.3 is 10.1 Å². The average Bonchev–Trinajstić information content (AvgIpc) is 2.48. The van der Waals surface area contributed by atoms with Gasteiger partial charge in [-0.2, -0.15) is 0 Å². The lowest BCUT2D eigenvalue weighted by atomic mass is 9.43. The lowest BCUT2D eigenvalue weighted by Crippen LogP contribution is -2.63. The molecule has 1 aromatic carbocycles. The molecule has 0 heterocycles. The summed E-state index contributed by atoms with van der Waals surface area (Å²) in [5.41, 5.74) is 2.89. The number of hydrogen-bond donors (Lipinski definition) is 1. The molecule has 132 valence electrons. The first-order valence-electron chi connectivity index (χ1n) is 9.89. The van der Waals surface area contributed by atoms with Crippen LogP contribution in [0.15, 0.2) is 24.3 Å². The Morgan fingerprint density at radius 1 is 1.08 bits per heavy atom. The van der Waals surface area contributed by atoms with Gasteiger partial charge in [-0.3, -0.25) is 0 Å². The number of hydrogen-bond acceptors (Lipinski definition) is 2. The molecule has 0 aliphatic heterocycles. The van der Waals surface area contributed by atoms with Crippen molar-refractivity contribution in [2.24, 2.45) is 16.7 Å². The Kier molecular flexibility index (Phi) is 3.95. The van der Waals surface area contributed by atoms with Crippen molar-refractivity contribution < 1.29 is 4.74 Å². The Hall–Kier alpha value is -1.02.